The van der Waals surface area contributed by atoms with E-state index in [9.17, 15) is 4.79 Å². The van der Waals surface area contributed by atoms with Gasteiger partial charge in [0.25, 0.3) is 0 Å². The fraction of sp³-hybridized carbons (Fsp3) is 0.385. The second kappa shape index (κ2) is 4.45. The van der Waals surface area contributed by atoms with Crippen LogP contribution >= 0.6 is 11.3 Å². The smallest absolute Gasteiger partial charge is 0.310 e. The van der Waals surface area contributed by atoms with Crippen LogP contribution in [-0.4, -0.2) is 16.6 Å². The van der Waals surface area contributed by atoms with Crippen LogP contribution in [0, 0.1) is 0 Å². The zero-order valence-electron chi connectivity index (χ0n) is 10.2. The number of fused-ring (bicyclic) bond motifs is 1. The first-order valence-corrected chi connectivity index (χ1v) is 6.35. The Kier molecular flexibility index (Phi) is 3.15. The average molecular weight is 249 g/mol. The summed E-state index contributed by atoms with van der Waals surface area (Å²) in [5.74, 6) is -0.193. The predicted octanol–water partition coefficient (Wildman–Crippen LogP) is 3.18. The number of hydrogen-bond acceptors (Lipinski definition) is 4. The molecule has 0 bridgehead atoms. The molecule has 0 aliphatic carbocycles. The van der Waals surface area contributed by atoms with Crippen molar-refractivity contribution in [3.8, 4) is 0 Å². The number of carbonyl (C=O) groups excluding carboxylic acids is 1. The van der Waals surface area contributed by atoms with Gasteiger partial charge in [0.15, 0.2) is 0 Å². The number of rotatable bonds is 2. The molecule has 90 valence electrons. The Bertz CT molecular complexity index is 540. The van der Waals surface area contributed by atoms with E-state index in [1.54, 1.807) is 23.7 Å². The second-order valence-electron chi connectivity index (χ2n) is 4.90. The zero-order valence-corrected chi connectivity index (χ0v) is 11.0. The Hall–Kier alpha value is -1.42. The highest BCUT2D eigenvalue weighted by atomic mass is 32.1. The normalized spacial score (nSPS) is 11.7. The van der Waals surface area contributed by atoms with Crippen molar-refractivity contribution < 1.29 is 9.53 Å². The second-order valence-corrected chi connectivity index (χ2v) is 5.81. The first-order valence-electron chi connectivity index (χ1n) is 5.48. The summed E-state index contributed by atoms with van der Waals surface area (Å²) in [5, 5.41) is 3.04. The van der Waals surface area contributed by atoms with Gasteiger partial charge in [0.1, 0.15) is 5.60 Å². The summed E-state index contributed by atoms with van der Waals surface area (Å²) >= 11 is 1.63. The van der Waals surface area contributed by atoms with E-state index in [0.717, 1.165) is 15.6 Å². The number of thiophene rings is 1. The lowest BCUT2D eigenvalue weighted by Crippen LogP contribution is -2.24. The molecule has 0 radical (unpaired) electrons. The maximum Gasteiger partial charge on any atom is 0.310 e. The first-order chi connectivity index (χ1) is 7.96. The lowest BCUT2D eigenvalue weighted by molar-refractivity contribution is -0.153. The number of esters is 1. The maximum atomic E-state index is 11.7. The van der Waals surface area contributed by atoms with E-state index in [4.69, 9.17) is 4.74 Å². The molecule has 0 aromatic carbocycles. The summed E-state index contributed by atoms with van der Waals surface area (Å²) in [6, 6.07) is 1.96. The standard InChI is InChI=1S/C13H15NO2S/c1-13(2,3)16-12(15)6-9-8-17-11-4-5-14-7-10(9)11/h4-5,7-8H,6H2,1-3H3. The van der Waals surface area contributed by atoms with E-state index in [1.807, 2.05) is 32.2 Å². The summed E-state index contributed by atoms with van der Waals surface area (Å²) in [6.07, 6.45) is 3.87. The molecular formula is C13H15NO2S. The predicted molar refractivity (Wildman–Crippen MR) is 69.2 cm³/mol. The van der Waals surface area contributed by atoms with Gasteiger partial charge in [-0.2, -0.15) is 0 Å². The van der Waals surface area contributed by atoms with Gasteiger partial charge >= 0.3 is 5.97 Å². The fourth-order valence-corrected chi connectivity index (χ4v) is 2.52. The van der Waals surface area contributed by atoms with Gasteiger partial charge in [0.05, 0.1) is 6.42 Å². The van der Waals surface area contributed by atoms with Crippen molar-refractivity contribution in [1.82, 2.24) is 4.98 Å². The zero-order chi connectivity index (χ0) is 12.5. The van der Waals surface area contributed by atoms with Gasteiger partial charge in [-0.15, -0.1) is 11.3 Å². The molecule has 0 unspecified atom stereocenters. The van der Waals surface area contributed by atoms with Crippen molar-refractivity contribution in [1.29, 1.82) is 0 Å². The summed E-state index contributed by atoms with van der Waals surface area (Å²) in [7, 11) is 0. The molecule has 4 heteroatoms. The minimum Gasteiger partial charge on any atom is -0.460 e. The Morgan fingerprint density at radius 2 is 2.24 bits per heavy atom. The molecule has 0 atom stereocenters. The van der Waals surface area contributed by atoms with E-state index in [0.29, 0.717) is 6.42 Å². The number of carbonyl (C=O) groups is 1. The summed E-state index contributed by atoms with van der Waals surface area (Å²) in [4.78, 5) is 15.8. The molecule has 0 saturated heterocycles. The monoisotopic (exact) mass is 249 g/mol. The van der Waals surface area contributed by atoms with Gasteiger partial charge in [-0.3, -0.25) is 9.78 Å². The maximum absolute atomic E-state index is 11.7. The summed E-state index contributed by atoms with van der Waals surface area (Å²) in [5.41, 5.74) is 0.564. The first kappa shape index (κ1) is 12.0. The molecule has 2 aromatic heterocycles. The molecular weight excluding hydrogens is 234 g/mol. The highest BCUT2D eigenvalue weighted by Gasteiger charge is 2.17. The molecule has 0 spiro atoms. The van der Waals surface area contributed by atoms with Gasteiger partial charge in [-0.05, 0) is 37.8 Å². The van der Waals surface area contributed by atoms with Gasteiger partial charge < -0.3 is 4.74 Å². The fourth-order valence-electron chi connectivity index (χ4n) is 1.59. The van der Waals surface area contributed by atoms with Gasteiger partial charge in [-0.25, -0.2) is 0 Å². The Morgan fingerprint density at radius 1 is 1.47 bits per heavy atom. The van der Waals surface area contributed by atoms with Gasteiger partial charge in [0, 0.05) is 22.5 Å². The minimum absolute atomic E-state index is 0.193. The molecule has 17 heavy (non-hydrogen) atoms. The number of nitrogens with zero attached hydrogens (tertiary/aromatic N) is 1. The number of pyridine rings is 1. The van der Waals surface area contributed by atoms with Crippen LogP contribution in [0.15, 0.2) is 23.8 Å². The highest BCUT2D eigenvalue weighted by molar-refractivity contribution is 7.17. The lowest BCUT2D eigenvalue weighted by Gasteiger charge is -2.19. The summed E-state index contributed by atoms with van der Waals surface area (Å²) in [6.45, 7) is 5.62. The van der Waals surface area contributed by atoms with Crippen LogP contribution in [0.2, 0.25) is 0 Å². The third-order valence-electron chi connectivity index (χ3n) is 2.21. The van der Waals surface area contributed by atoms with E-state index >= 15 is 0 Å². The van der Waals surface area contributed by atoms with Crippen molar-refractivity contribution in [2.45, 2.75) is 32.8 Å². The Balaban J connectivity index is 2.16. The topological polar surface area (TPSA) is 39.2 Å². The van der Waals surface area contributed by atoms with E-state index < -0.39 is 5.60 Å². The Labute approximate surface area is 104 Å². The van der Waals surface area contributed by atoms with Crippen molar-refractivity contribution in [3.63, 3.8) is 0 Å². The van der Waals surface area contributed by atoms with Crippen LogP contribution in [0.4, 0.5) is 0 Å². The van der Waals surface area contributed by atoms with Crippen molar-refractivity contribution in [3.05, 3.63) is 29.4 Å². The van der Waals surface area contributed by atoms with Crippen molar-refractivity contribution in [2.24, 2.45) is 0 Å². The quantitative estimate of drug-likeness (QED) is 0.767. The van der Waals surface area contributed by atoms with Crippen LogP contribution in [0.25, 0.3) is 10.1 Å². The number of hydrogen-bond donors (Lipinski definition) is 0. The van der Waals surface area contributed by atoms with Gasteiger partial charge in [0.2, 0.25) is 0 Å². The van der Waals surface area contributed by atoms with E-state index in [2.05, 4.69) is 4.98 Å². The molecule has 3 nitrogen and oxygen atoms in total. The van der Waals surface area contributed by atoms with Crippen LogP contribution in [-0.2, 0) is 16.0 Å². The summed E-state index contributed by atoms with van der Waals surface area (Å²) < 4.78 is 6.46. The molecule has 0 saturated carbocycles. The molecule has 2 aromatic rings. The van der Waals surface area contributed by atoms with Crippen molar-refractivity contribution in [2.75, 3.05) is 0 Å². The molecule has 0 aliphatic rings. The van der Waals surface area contributed by atoms with E-state index in [-0.39, 0.29) is 5.97 Å². The molecule has 0 amide bonds. The lowest BCUT2D eigenvalue weighted by atomic mass is 10.1. The average Bonchev–Trinajstić information content (AvgIpc) is 2.59. The minimum atomic E-state index is -0.429. The third-order valence-corrected chi connectivity index (χ3v) is 3.22. The van der Waals surface area contributed by atoms with Gasteiger partial charge in [-0.1, -0.05) is 0 Å². The Morgan fingerprint density at radius 3 is 2.94 bits per heavy atom. The van der Waals surface area contributed by atoms with Crippen LogP contribution in [0.5, 0.6) is 0 Å². The van der Waals surface area contributed by atoms with E-state index in [1.165, 1.54) is 0 Å². The molecule has 0 N–H and O–H groups in total. The van der Waals surface area contributed by atoms with Crippen LogP contribution < -0.4 is 0 Å². The highest BCUT2D eigenvalue weighted by Crippen LogP contribution is 2.25. The largest absolute Gasteiger partial charge is 0.460 e. The molecule has 0 fully saturated rings. The number of aromatic nitrogens is 1. The van der Waals surface area contributed by atoms with Crippen LogP contribution in [0.1, 0.15) is 26.3 Å². The van der Waals surface area contributed by atoms with Crippen molar-refractivity contribution >= 4 is 27.4 Å². The molecule has 0 aliphatic heterocycles. The third kappa shape index (κ3) is 3.03. The van der Waals surface area contributed by atoms with Crippen LogP contribution in [0.3, 0.4) is 0 Å². The molecule has 2 rings (SSSR count). The molecule has 2 heterocycles. The SMILES string of the molecule is CC(C)(C)OC(=O)Cc1csc2ccncc12. The number of ether oxygens (including phenoxy) is 1.